The lowest BCUT2D eigenvalue weighted by molar-refractivity contribution is -0.909. The maximum Gasteiger partial charge on any atom is 0.233 e. The van der Waals surface area contributed by atoms with Crippen LogP contribution in [0.4, 0.5) is 0 Å². The monoisotopic (exact) mass is 499 g/mol. The summed E-state index contributed by atoms with van der Waals surface area (Å²) in [7, 11) is 0. The maximum absolute atomic E-state index is 9.02. The highest BCUT2D eigenvalue weighted by Crippen LogP contribution is 2.04. The van der Waals surface area contributed by atoms with Gasteiger partial charge in [-0.1, -0.05) is 18.2 Å². The molecule has 4 aromatic rings. The average Bonchev–Trinajstić information content (AvgIpc) is 2.89. The fraction of sp³-hybridized carbons (Fsp3) is 0.300. The van der Waals surface area contributed by atoms with Crippen LogP contribution in [0.3, 0.4) is 0 Å². The number of nitriles is 1. The molecule has 0 saturated carbocycles. The zero-order valence-corrected chi connectivity index (χ0v) is 23.2. The second-order valence-corrected chi connectivity index (χ2v) is 8.65. The van der Waals surface area contributed by atoms with Crippen LogP contribution in [0.2, 0.25) is 0 Å². The third-order valence-corrected chi connectivity index (χ3v) is 5.84. The van der Waals surface area contributed by atoms with E-state index in [0.29, 0.717) is 12.2 Å². The predicted octanol–water partition coefficient (Wildman–Crippen LogP) is 5.25. The molecule has 0 spiro atoms. The summed E-state index contributed by atoms with van der Waals surface area (Å²) in [5, 5.41) is 17.5. The summed E-state index contributed by atoms with van der Waals surface area (Å²) >= 11 is 0. The van der Waals surface area contributed by atoms with Gasteiger partial charge in [0.05, 0.1) is 5.69 Å². The fourth-order valence-electron chi connectivity index (χ4n) is 2.74. The van der Waals surface area contributed by atoms with Gasteiger partial charge >= 0.3 is 0 Å². The molecule has 194 valence electrons. The van der Waals surface area contributed by atoms with Gasteiger partial charge in [-0.25, -0.2) is 4.98 Å². The Morgan fingerprint density at radius 3 is 1.76 bits per heavy atom. The first-order chi connectivity index (χ1) is 17.5. The molecular weight excluding hydrogens is 460 g/mol. The molecule has 0 aliphatic carbocycles. The molecule has 0 aromatic carbocycles. The molecule has 0 unspecified atom stereocenters. The number of aryl methyl sites for hydroxylation is 7. The Labute approximate surface area is 221 Å². The smallest absolute Gasteiger partial charge is 0.233 e. The van der Waals surface area contributed by atoms with Gasteiger partial charge < -0.3 is 5.73 Å². The van der Waals surface area contributed by atoms with Crippen molar-refractivity contribution in [2.75, 3.05) is 0 Å². The molecule has 4 aromatic heterocycles. The SMILES string of the molecule is Cc1ccc(C#N)nc1C.Cc1ccc(CN)nc1C.Cc1ccc[n+](O)c1C.Cc1cccnc1C. The normalized spacial score (nSPS) is 9.41. The van der Waals surface area contributed by atoms with Crippen LogP contribution < -0.4 is 10.5 Å². The van der Waals surface area contributed by atoms with Crippen molar-refractivity contribution < 1.29 is 9.94 Å². The van der Waals surface area contributed by atoms with E-state index in [1.165, 1.54) is 11.1 Å². The van der Waals surface area contributed by atoms with E-state index >= 15 is 0 Å². The summed E-state index contributed by atoms with van der Waals surface area (Å²) in [5.41, 5.74) is 15.6. The molecule has 0 fully saturated rings. The molecule has 7 heteroatoms. The third-order valence-electron chi connectivity index (χ3n) is 5.84. The Bertz CT molecular complexity index is 1290. The van der Waals surface area contributed by atoms with Crippen molar-refractivity contribution in [3.05, 3.63) is 117 Å². The maximum atomic E-state index is 9.02. The van der Waals surface area contributed by atoms with E-state index in [2.05, 4.69) is 27.9 Å². The number of nitrogens with zero attached hydrogens (tertiary/aromatic N) is 5. The number of hydrogen-bond donors (Lipinski definition) is 2. The molecule has 0 radical (unpaired) electrons. The van der Waals surface area contributed by atoms with Crippen LogP contribution in [-0.4, -0.2) is 20.2 Å². The van der Waals surface area contributed by atoms with E-state index in [1.807, 2.05) is 97.1 Å². The van der Waals surface area contributed by atoms with Crippen LogP contribution in [0.5, 0.6) is 0 Å². The fourth-order valence-corrected chi connectivity index (χ4v) is 2.74. The van der Waals surface area contributed by atoms with Crippen molar-refractivity contribution in [3.63, 3.8) is 0 Å². The molecule has 0 bridgehead atoms. The Hall–Kier alpha value is -4.15. The van der Waals surface area contributed by atoms with Crippen LogP contribution in [-0.2, 0) is 6.54 Å². The van der Waals surface area contributed by atoms with Gasteiger partial charge in [-0.05, 0) is 89.4 Å². The molecule has 0 atom stereocenters. The largest absolute Gasteiger partial charge is 0.325 e. The van der Waals surface area contributed by atoms with Crippen LogP contribution in [0, 0.1) is 66.7 Å². The van der Waals surface area contributed by atoms with E-state index < -0.39 is 0 Å². The molecule has 0 amide bonds. The minimum absolute atomic E-state index is 0.489. The van der Waals surface area contributed by atoms with E-state index in [1.54, 1.807) is 12.3 Å². The highest BCUT2D eigenvalue weighted by molar-refractivity contribution is 5.27. The molecule has 4 heterocycles. The summed E-state index contributed by atoms with van der Waals surface area (Å²) < 4.78 is 1.12. The van der Waals surface area contributed by atoms with Crippen molar-refractivity contribution in [1.29, 1.82) is 5.26 Å². The summed E-state index contributed by atoms with van der Waals surface area (Å²) in [4.78, 5) is 12.4. The topological polar surface area (TPSA) is 113 Å². The van der Waals surface area contributed by atoms with Gasteiger partial charge in [-0.3, -0.25) is 15.2 Å². The summed E-state index contributed by atoms with van der Waals surface area (Å²) in [6, 6.07) is 17.4. The van der Waals surface area contributed by atoms with Gasteiger partial charge in [0.1, 0.15) is 11.8 Å². The first kappa shape index (κ1) is 30.9. The molecule has 4 rings (SSSR count). The lowest BCUT2D eigenvalue weighted by atomic mass is 10.2. The number of aromatic nitrogens is 4. The summed E-state index contributed by atoms with van der Waals surface area (Å²) in [5.74, 6) is 0. The minimum atomic E-state index is 0.489. The van der Waals surface area contributed by atoms with E-state index in [9.17, 15) is 0 Å². The second-order valence-electron chi connectivity index (χ2n) is 8.65. The number of pyridine rings is 4. The van der Waals surface area contributed by atoms with Crippen LogP contribution >= 0.6 is 0 Å². The number of rotatable bonds is 1. The first-order valence-electron chi connectivity index (χ1n) is 12.0. The summed E-state index contributed by atoms with van der Waals surface area (Å²) in [6.45, 7) is 16.3. The van der Waals surface area contributed by atoms with E-state index in [-0.39, 0.29) is 0 Å². The molecule has 0 aliphatic rings. The van der Waals surface area contributed by atoms with Crippen LogP contribution in [0.25, 0.3) is 0 Å². The van der Waals surface area contributed by atoms with Crippen molar-refractivity contribution in [1.82, 2.24) is 15.0 Å². The molecular formula is C30H39N6O+. The molecule has 0 aliphatic heterocycles. The summed E-state index contributed by atoms with van der Waals surface area (Å²) in [6.07, 6.45) is 3.42. The number of nitrogens with two attached hydrogens (primary N) is 1. The highest BCUT2D eigenvalue weighted by atomic mass is 16.5. The minimum Gasteiger partial charge on any atom is -0.325 e. The van der Waals surface area contributed by atoms with Gasteiger partial charge in [0.15, 0.2) is 0 Å². The highest BCUT2D eigenvalue weighted by Gasteiger charge is 2.03. The zero-order valence-electron chi connectivity index (χ0n) is 23.2. The second kappa shape index (κ2) is 15.8. The van der Waals surface area contributed by atoms with Crippen molar-refractivity contribution >= 4 is 0 Å². The molecule has 3 N–H and O–H groups in total. The number of hydrogen-bond acceptors (Lipinski definition) is 6. The standard InChI is InChI=1S/C8H12N2.C8H8N2.C7H10NO.C7H9N/c2*1-6-3-4-8(5-9)10-7(6)2;1-6-4-3-5-8(9)7(6)2;1-6-4-3-5-8-7(6)2/h3-4H,5,9H2,1-2H3;3-4H,1-2H3;3-5,9H,1-2H3;3-5H,1-2H3/q;;+1;. The van der Waals surface area contributed by atoms with Crippen molar-refractivity contribution in [2.24, 2.45) is 5.73 Å². The quantitative estimate of drug-likeness (QED) is 0.273. The molecule has 37 heavy (non-hydrogen) atoms. The average molecular weight is 500 g/mol. The zero-order chi connectivity index (χ0) is 28.0. The molecule has 0 saturated heterocycles. The van der Waals surface area contributed by atoms with E-state index in [0.717, 1.165) is 44.3 Å². The van der Waals surface area contributed by atoms with Gasteiger partial charge in [0.25, 0.3) is 0 Å². The Morgan fingerprint density at radius 2 is 1.32 bits per heavy atom. The molecule has 7 nitrogen and oxygen atoms in total. The van der Waals surface area contributed by atoms with Crippen LogP contribution in [0.15, 0.2) is 60.9 Å². The Balaban J connectivity index is 0.000000248. The lowest BCUT2D eigenvalue weighted by Gasteiger charge is -2.00. The van der Waals surface area contributed by atoms with Gasteiger partial charge in [-0.15, -0.1) is 0 Å². The predicted molar refractivity (Wildman–Crippen MR) is 147 cm³/mol. The van der Waals surface area contributed by atoms with Gasteiger partial charge in [0, 0.05) is 53.1 Å². The first-order valence-corrected chi connectivity index (χ1v) is 12.0. The van der Waals surface area contributed by atoms with Gasteiger partial charge in [0.2, 0.25) is 11.9 Å². The Morgan fingerprint density at radius 1 is 0.757 bits per heavy atom. The van der Waals surface area contributed by atoms with E-state index in [4.69, 9.17) is 16.2 Å². The van der Waals surface area contributed by atoms with Crippen LogP contribution in [0.1, 0.15) is 56.4 Å². The Kier molecular flexibility index (Phi) is 13.2. The lowest BCUT2D eigenvalue weighted by Crippen LogP contribution is -2.33. The third kappa shape index (κ3) is 11.0. The van der Waals surface area contributed by atoms with Crippen molar-refractivity contribution in [3.8, 4) is 6.07 Å². The van der Waals surface area contributed by atoms with Crippen molar-refractivity contribution in [2.45, 2.75) is 61.9 Å². The van der Waals surface area contributed by atoms with Gasteiger partial charge in [-0.2, -0.15) is 5.26 Å².